The summed E-state index contributed by atoms with van der Waals surface area (Å²) in [6.07, 6.45) is 7.22. The van der Waals surface area contributed by atoms with Crippen molar-refractivity contribution in [2.45, 2.75) is 59.3 Å². The Kier molecular flexibility index (Phi) is 4.52. The molecule has 0 unspecified atom stereocenters. The van der Waals surface area contributed by atoms with E-state index in [4.69, 9.17) is 4.42 Å². The zero-order chi connectivity index (χ0) is 15.5. The predicted octanol–water partition coefficient (Wildman–Crippen LogP) is 6.58. The van der Waals surface area contributed by atoms with Crippen molar-refractivity contribution in [1.82, 2.24) is 0 Å². The summed E-state index contributed by atoms with van der Waals surface area (Å²) in [6.45, 7) is 6.63. The second-order valence-electron chi connectivity index (χ2n) is 6.30. The predicted molar refractivity (Wildman–Crippen MR) is 95.7 cm³/mol. The number of hydrogen-bond donors (Lipinski definition) is 0. The molecule has 0 saturated carbocycles. The van der Waals surface area contributed by atoms with Crippen LogP contribution in [-0.4, -0.2) is 0 Å². The van der Waals surface area contributed by atoms with Crippen LogP contribution in [0.1, 0.15) is 56.4 Å². The van der Waals surface area contributed by atoms with Gasteiger partial charge in [0.2, 0.25) is 0 Å². The normalized spacial score (nSPS) is 11.6. The van der Waals surface area contributed by atoms with Gasteiger partial charge >= 0.3 is 0 Å². The summed E-state index contributed by atoms with van der Waals surface area (Å²) in [5.41, 5.74) is 3.98. The Bertz CT molecular complexity index is 779. The van der Waals surface area contributed by atoms with E-state index in [2.05, 4.69) is 51.1 Å². The molecule has 0 aliphatic heterocycles. The van der Waals surface area contributed by atoms with E-state index in [-0.39, 0.29) is 0 Å². The fraction of sp³-hybridized carbons (Fsp3) is 0.429. The molecule has 116 valence electrons. The van der Waals surface area contributed by atoms with Crippen molar-refractivity contribution in [1.29, 1.82) is 0 Å². The zero-order valence-corrected chi connectivity index (χ0v) is 14.0. The maximum absolute atomic E-state index is 6.17. The van der Waals surface area contributed by atoms with Crippen LogP contribution in [0.25, 0.3) is 21.7 Å². The number of furan rings is 1. The van der Waals surface area contributed by atoms with Crippen LogP contribution in [0, 0.1) is 6.92 Å². The summed E-state index contributed by atoms with van der Waals surface area (Å²) in [4.78, 5) is 0. The highest BCUT2D eigenvalue weighted by molar-refractivity contribution is 6.07. The summed E-state index contributed by atoms with van der Waals surface area (Å²) in [6, 6.07) is 11.1. The number of aryl methyl sites for hydroxylation is 3. The molecule has 0 saturated heterocycles. The molecule has 0 atom stereocenters. The third kappa shape index (κ3) is 2.65. The molecular formula is C21H26O. The minimum absolute atomic E-state index is 1.08. The lowest BCUT2D eigenvalue weighted by molar-refractivity contribution is 0.572. The Hall–Kier alpha value is -1.76. The molecule has 3 aromatic rings. The molecule has 0 fully saturated rings. The van der Waals surface area contributed by atoms with E-state index in [1.165, 1.54) is 53.0 Å². The Morgan fingerprint density at radius 2 is 1.55 bits per heavy atom. The van der Waals surface area contributed by atoms with Gasteiger partial charge in [0.1, 0.15) is 11.3 Å². The van der Waals surface area contributed by atoms with Gasteiger partial charge < -0.3 is 4.42 Å². The average Bonchev–Trinajstić information content (AvgIpc) is 2.86. The van der Waals surface area contributed by atoms with Gasteiger partial charge in [-0.25, -0.2) is 0 Å². The van der Waals surface area contributed by atoms with E-state index >= 15 is 0 Å². The van der Waals surface area contributed by atoms with Crippen LogP contribution in [0.3, 0.4) is 0 Å². The van der Waals surface area contributed by atoms with E-state index < -0.39 is 0 Å². The molecule has 0 radical (unpaired) electrons. The molecule has 0 aliphatic rings. The molecule has 1 nitrogen and oxygen atoms in total. The lowest BCUT2D eigenvalue weighted by Gasteiger charge is -2.08. The molecule has 1 aromatic heterocycles. The van der Waals surface area contributed by atoms with E-state index in [0.29, 0.717) is 0 Å². The molecule has 0 N–H and O–H groups in total. The highest BCUT2D eigenvalue weighted by atomic mass is 16.3. The largest absolute Gasteiger partial charge is 0.460 e. The Morgan fingerprint density at radius 3 is 2.27 bits per heavy atom. The second-order valence-corrected chi connectivity index (χ2v) is 6.30. The molecule has 1 heterocycles. The Labute approximate surface area is 133 Å². The van der Waals surface area contributed by atoms with Crippen molar-refractivity contribution in [3.8, 4) is 0 Å². The van der Waals surface area contributed by atoms with Gasteiger partial charge in [0.25, 0.3) is 0 Å². The fourth-order valence-corrected chi connectivity index (χ4v) is 3.40. The summed E-state index contributed by atoms with van der Waals surface area (Å²) >= 11 is 0. The number of fused-ring (bicyclic) bond motifs is 3. The average molecular weight is 294 g/mol. The van der Waals surface area contributed by atoms with Crippen LogP contribution in [-0.2, 0) is 12.8 Å². The van der Waals surface area contributed by atoms with Crippen LogP contribution in [0.2, 0.25) is 0 Å². The van der Waals surface area contributed by atoms with Crippen LogP contribution in [0.5, 0.6) is 0 Å². The van der Waals surface area contributed by atoms with Gasteiger partial charge in [-0.1, -0.05) is 51.0 Å². The molecule has 0 amide bonds. The standard InChI is InChI=1S/C21H26O/c1-4-6-10-16-14-20-17(11-7-5-2)15(3)22-21(20)19-13-9-8-12-18(16)19/h8-9,12-14H,4-7,10-11H2,1-3H3. The minimum atomic E-state index is 1.08. The number of benzene rings is 2. The van der Waals surface area contributed by atoms with Gasteiger partial charge in [-0.05, 0) is 49.6 Å². The first-order valence-corrected chi connectivity index (χ1v) is 8.68. The SMILES string of the molecule is CCCCc1cc2c(CCCC)c(C)oc2c2ccccc12. The molecule has 2 aromatic carbocycles. The minimum Gasteiger partial charge on any atom is -0.460 e. The summed E-state index contributed by atoms with van der Waals surface area (Å²) in [5.74, 6) is 1.10. The van der Waals surface area contributed by atoms with E-state index in [1.807, 2.05) is 0 Å². The maximum Gasteiger partial charge on any atom is 0.142 e. The topological polar surface area (TPSA) is 13.1 Å². The molecule has 0 aliphatic carbocycles. The third-order valence-electron chi connectivity index (χ3n) is 4.67. The number of unbranched alkanes of at least 4 members (excludes halogenated alkanes) is 2. The summed E-state index contributed by atoms with van der Waals surface area (Å²) in [7, 11) is 0. The van der Waals surface area contributed by atoms with Gasteiger partial charge in [-0.15, -0.1) is 0 Å². The summed E-state index contributed by atoms with van der Waals surface area (Å²) < 4.78 is 6.17. The highest BCUT2D eigenvalue weighted by Gasteiger charge is 2.15. The molecular weight excluding hydrogens is 268 g/mol. The van der Waals surface area contributed by atoms with Gasteiger partial charge in [0.05, 0.1) is 0 Å². The van der Waals surface area contributed by atoms with Gasteiger partial charge in [0, 0.05) is 16.3 Å². The number of rotatable bonds is 6. The second kappa shape index (κ2) is 6.56. The number of hydrogen-bond acceptors (Lipinski definition) is 1. The van der Waals surface area contributed by atoms with Crippen molar-refractivity contribution in [3.63, 3.8) is 0 Å². The smallest absolute Gasteiger partial charge is 0.142 e. The monoisotopic (exact) mass is 294 g/mol. The van der Waals surface area contributed by atoms with Crippen molar-refractivity contribution in [2.75, 3.05) is 0 Å². The van der Waals surface area contributed by atoms with Gasteiger partial charge in [-0.3, -0.25) is 0 Å². The summed E-state index contributed by atoms with van der Waals surface area (Å²) in [5, 5.41) is 3.98. The maximum atomic E-state index is 6.17. The molecule has 3 rings (SSSR count). The van der Waals surface area contributed by atoms with Crippen LogP contribution < -0.4 is 0 Å². The Morgan fingerprint density at radius 1 is 0.864 bits per heavy atom. The van der Waals surface area contributed by atoms with Crippen molar-refractivity contribution >= 4 is 21.7 Å². The van der Waals surface area contributed by atoms with E-state index in [0.717, 1.165) is 24.2 Å². The molecule has 22 heavy (non-hydrogen) atoms. The first-order chi connectivity index (χ1) is 10.8. The first kappa shape index (κ1) is 15.1. The Balaban J connectivity index is 2.23. The first-order valence-electron chi connectivity index (χ1n) is 8.68. The highest BCUT2D eigenvalue weighted by Crippen LogP contribution is 2.35. The van der Waals surface area contributed by atoms with Crippen LogP contribution >= 0.6 is 0 Å². The molecule has 0 bridgehead atoms. The fourth-order valence-electron chi connectivity index (χ4n) is 3.40. The van der Waals surface area contributed by atoms with Gasteiger partial charge in [0.15, 0.2) is 0 Å². The van der Waals surface area contributed by atoms with Crippen molar-refractivity contribution in [2.24, 2.45) is 0 Å². The van der Waals surface area contributed by atoms with Crippen LogP contribution in [0.4, 0.5) is 0 Å². The molecule has 0 spiro atoms. The molecule has 1 heteroatoms. The van der Waals surface area contributed by atoms with E-state index in [9.17, 15) is 0 Å². The van der Waals surface area contributed by atoms with Crippen LogP contribution in [0.15, 0.2) is 34.7 Å². The third-order valence-corrected chi connectivity index (χ3v) is 4.67. The lowest BCUT2D eigenvalue weighted by atomic mass is 9.95. The van der Waals surface area contributed by atoms with Gasteiger partial charge in [-0.2, -0.15) is 0 Å². The van der Waals surface area contributed by atoms with E-state index in [1.54, 1.807) is 0 Å². The lowest BCUT2D eigenvalue weighted by Crippen LogP contribution is -1.90. The quantitative estimate of drug-likeness (QED) is 0.500. The zero-order valence-electron chi connectivity index (χ0n) is 14.0. The van der Waals surface area contributed by atoms with Crippen molar-refractivity contribution < 1.29 is 4.42 Å². The van der Waals surface area contributed by atoms with Crippen molar-refractivity contribution in [3.05, 3.63) is 47.2 Å².